The van der Waals surface area contributed by atoms with E-state index in [-0.39, 0.29) is 6.10 Å². The van der Waals surface area contributed by atoms with Crippen LogP contribution in [0.15, 0.2) is 40.8 Å². The van der Waals surface area contributed by atoms with Gasteiger partial charge in [-0.25, -0.2) is 0 Å². The summed E-state index contributed by atoms with van der Waals surface area (Å²) in [5, 5.41) is 0. The average Bonchev–Trinajstić information content (AvgIpc) is 2.77. The van der Waals surface area contributed by atoms with Crippen LogP contribution in [-0.4, -0.2) is 0 Å². The molecule has 1 heterocycles. The Labute approximate surface area is 108 Å². The summed E-state index contributed by atoms with van der Waals surface area (Å²) in [5.74, 6) is 1.66. The lowest BCUT2D eigenvalue weighted by Crippen LogP contribution is -1.99. The van der Waals surface area contributed by atoms with Crippen molar-refractivity contribution in [2.24, 2.45) is 5.73 Å². The molecule has 1 aromatic carbocycles. The number of aryl methyl sites for hydroxylation is 1. The van der Waals surface area contributed by atoms with Crippen LogP contribution in [0.1, 0.15) is 35.7 Å². The smallest absolute Gasteiger partial charge is 0.130 e. The molecular formula is C15H19NO2. The summed E-state index contributed by atoms with van der Waals surface area (Å²) in [6, 6.07) is 12.1. The van der Waals surface area contributed by atoms with Gasteiger partial charge in [-0.1, -0.05) is 30.3 Å². The second kappa shape index (κ2) is 5.85. The lowest BCUT2D eigenvalue weighted by atomic mass is 10.1. The third-order valence-corrected chi connectivity index (χ3v) is 3.00. The van der Waals surface area contributed by atoms with Gasteiger partial charge in [-0.3, -0.25) is 0 Å². The molecule has 1 unspecified atom stereocenters. The Kier molecular flexibility index (Phi) is 4.18. The molecule has 0 amide bonds. The molecule has 0 aliphatic heterocycles. The first kappa shape index (κ1) is 12.9. The number of hydrogen-bond acceptors (Lipinski definition) is 3. The zero-order chi connectivity index (χ0) is 13.0. The molecule has 0 radical (unpaired) electrons. The highest BCUT2D eigenvalue weighted by Gasteiger charge is 2.09. The van der Waals surface area contributed by atoms with Gasteiger partial charge >= 0.3 is 0 Å². The summed E-state index contributed by atoms with van der Waals surface area (Å²) in [5.41, 5.74) is 7.83. The molecule has 18 heavy (non-hydrogen) atoms. The summed E-state index contributed by atoms with van der Waals surface area (Å²) < 4.78 is 11.4. The van der Waals surface area contributed by atoms with Crippen LogP contribution in [-0.2, 0) is 17.9 Å². The number of furan rings is 1. The normalized spacial score (nSPS) is 12.6. The minimum atomic E-state index is 0.0536. The Morgan fingerprint density at radius 1 is 1.28 bits per heavy atom. The van der Waals surface area contributed by atoms with Crippen LogP contribution in [0.3, 0.4) is 0 Å². The molecule has 0 bridgehead atoms. The molecule has 1 atom stereocenters. The van der Waals surface area contributed by atoms with Crippen LogP contribution >= 0.6 is 0 Å². The van der Waals surface area contributed by atoms with Gasteiger partial charge in [-0.05, 0) is 31.0 Å². The van der Waals surface area contributed by atoms with E-state index in [1.165, 1.54) is 5.56 Å². The number of hydrogen-bond donors (Lipinski definition) is 1. The molecule has 1 aromatic heterocycles. The fraction of sp³-hybridized carbons (Fsp3) is 0.333. The molecule has 0 saturated carbocycles. The molecule has 0 aliphatic carbocycles. The van der Waals surface area contributed by atoms with E-state index in [4.69, 9.17) is 14.9 Å². The van der Waals surface area contributed by atoms with E-state index in [2.05, 4.69) is 12.1 Å². The van der Waals surface area contributed by atoms with E-state index in [1.807, 2.05) is 38.1 Å². The molecule has 2 N–H and O–H groups in total. The fourth-order valence-corrected chi connectivity index (χ4v) is 1.89. The van der Waals surface area contributed by atoms with Crippen molar-refractivity contribution in [1.82, 2.24) is 0 Å². The Balaban J connectivity index is 1.95. The van der Waals surface area contributed by atoms with Gasteiger partial charge in [0.15, 0.2) is 0 Å². The van der Waals surface area contributed by atoms with Gasteiger partial charge in [0.05, 0.1) is 12.6 Å². The number of benzene rings is 1. The van der Waals surface area contributed by atoms with Gasteiger partial charge in [0.25, 0.3) is 0 Å². The number of nitrogens with two attached hydrogens (primary N) is 1. The SMILES string of the molecule is Cc1cc(COC(C)c2ccccc2)oc1CN. The van der Waals surface area contributed by atoms with E-state index in [0.29, 0.717) is 13.2 Å². The standard InChI is InChI=1S/C15H19NO2/c1-11-8-14(18-15(11)9-16)10-17-12(2)13-6-4-3-5-7-13/h3-8,12H,9-10,16H2,1-2H3. The fourth-order valence-electron chi connectivity index (χ4n) is 1.89. The van der Waals surface area contributed by atoms with Crippen LogP contribution in [0, 0.1) is 6.92 Å². The summed E-state index contributed by atoms with van der Waals surface area (Å²) >= 11 is 0. The Hall–Kier alpha value is -1.58. The van der Waals surface area contributed by atoms with Crippen LogP contribution < -0.4 is 5.73 Å². The predicted molar refractivity (Wildman–Crippen MR) is 71.0 cm³/mol. The largest absolute Gasteiger partial charge is 0.462 e. The molecule has 0 spiro atoms. The highest BCUT2D eigenvalue weighted by atomic mass is 16.5. The van der Waals surface area contributed by atoms with Crippen LogP contribution in [0.5, 0.6) is 0 Å². The third kappa shape index (κ3) is 3.00. The van der Waals surface area contributed by atoms with E-state index < -0.39 is 0 Å². The van der Waals surface area contributed by atoms with Crippen LogP contribution in [0.2, 0.25) is 0 Å². The quantitative estimate of drug-likeness (QED) is 0.879. The minimum Gasteiger partial charge on any atom is -0.462 e. The Bertz CT molecular complexity index is 490. The summed E-state index contributed by atoms with van der Waals surface area (Å²) in [6.07, 6.45) is 0.0536. The van der Waals surface area contributed by atoms with Gasteiger partial charge in [-0.2, -0.15) is 0 Å². The molecule has 3 nitrogen and oxygen atoms in total. The van der Waals surface area contributed by atoms with Crippen LogP contribution in [0.4, 0.5) is 0 Å². The van der Waals surface area contributed by atoms with Gasteiger partial charge in [-0.15, -0.1) is 0 Å². The average molecular weight is 245 g/mol. The molecule has 2 aromatic rings. The van der Waals surface area contributed by atoms with E-state index in [0.717, 1.165) is 17.1 Å². The van der Waals surface area contributed by atoms with E-state index >= 15 is 0 Å². The highest BCUT2D eigenvalue weighted by molar-refractivity contribution is 5.20. The van der Waals surface area contributed by atoms with Crippen molar-refractivity contribution >= 4 is 0 Å². The maximum absolute atomic E-state index is 5.79. The molecule has 3 heteroatoms. The highest BCUT2D eigenvalue weighted by Crippen LogP contribution is 2.20. The van der Waals surface area contributed by atoms with Gasteiger partial charge in [0.1, 0.15) is 18.1 Å². The van der Waals surface area contributed by atoms with E-state index in [9.17, 15) is 0 Å². The first-order chi connectivity index (χ1) is 8.70. The Morgan fingerprint density at radius 3 is 2.61 bits per heavy atom. The third-order valence-electron chi connectivity index (χ3n) is 3.00. The predicted octanol–water partition coefficient (Wildman–Crippen LogP) is 3.32. The second-order valence-corrected chi connectivity index (χ2v) is 4.39. The molecule has 96 valence electrons. The molecule has 0 saturated heterocycles. The van der Waals surface area contributed by atoms with Gasteiger partial charge in [0.2, 0.25) is 0 Å². The van der Waals surface area contributed by atoms with Crippen molar-refractivity contribution < 1.29 is 9.15 Å². The van der Waals surface area contributed by atoms with Crippen LogP contribution in [0.25, 0.3) is 0 Å². The molecular weight excluding hydrogens is 226 g/mol. The summed E-state index contributed by atoms with van der Waals surface area (Å²) in [4.78, 5) is 0. The van der Waals surface area contributed by atoms with Gasteiger partial charge in [0, 0.05) is 0 Å². The first-order valence-corrected chi connectivity index (χ1v) is 6.15. The summed E-state index contributed by atoms with van der Waals surface area (Å²) in [7, 11) is 0. The first-order valence-electron chi connectivity index (χ1n) is 6.15. The van der Waals surface area contributed by atoms with Crippen molar-refractivity contribution in [3.63, 3.8) is 0 Å². The Morgan fingerprint density at radius 2 is 2.00 bits per heavy atom. The zero-order valence-corrected chi connectivity index (χ0v) is 10.8. The number of ether oxygens (including phenoxy) is 1. The molecule has 2 rings (SSSR count). The molecule has 0 fully saturated rings. The van der Waals surface area contributed by atoms with Crippen molar-refractivity contribution in [3.8, 4) is 0 Å². The molecule has 0 aliphatic rings. The minimum absolute atomic E-state index is 0.0536. The van der Waals surface area contributed by atoms with Crippen molar-refractivity contribution in [2.75, 3.05) is 0 Å². The van der Waals surface area contributed by atoms with E-state index in [1.54, 1.807) is 0 Å². The lowest BCUT2D eigenvalue weighted by Gasteiger charge is -2.12. The monoisotopic (exact) mass is 245 g/mol. The number of rotatable bonds is 5. The van der Waals surface area contributed by atoms with Crippen molar-refractivity contribution in [1.29, 1.82) is 0 Å². The second-order valence-electron chi connectivity index (χ2n) is 4.39. The van der Waals surface area contributed by atoms with Gasteiger partial charge < -0.3 is 14.9 Å². The maximum atomic E-state index is 5.79. The lowest BCUT2D eigenvalue weighted by molar-refractivity contribution is 0.0414. The maximum Gasteiger partial charge on any atom is 0.130 e. The summed E-state index contributed by atoms with van der Waals surface area (Å²) in [6.45, 7) is 4.93. The van der Waals surface area contributed by atoms with Crippen molar-refractivity contribution in [2.45, 2.75) is 33.1 Å². The van der Waals surface area contributed by atoms with Crippen molar-refractivity contribution in [3.05, 3.63) is 59.0 Å². The topological polar surface area (TPSA) is 48.4 Å². The zero-order valence-electron chi connectivity index (χ0n) is 10.8.